The van der Waals surface area contributed by atoms with Crippen molar-refractivity contribution in [2.75, 3.05) is 13.1 Å². The van der Waals surface area contributed by atoms with E-state index in [4.69, 9.17) is 16.7 Å². The molecule has 20 heavy (non-hydrogen) atoms. The molecule has 0 bridgehead atoms. The van der Waals surface area contributed by atoms with Crippen molar-refractivity contribution in [2.24, 2.45) is 5.92 Å². The normalized spacial score (nSPS) is 19.1. The Hall–Kier alpha value is -1.66. The number of hydrogen-bond acceptors (Lipinski definition) is 4. The number of hydrogen-bond donors (Lipinski definition) is 1. The molecule has 0 spiro atoms. The summed E-state index contributed by atoms with van der Waals surface area (Å²) < 4.78 is 0. The molecule has 0 amide bonds. The number of carboxylic acids is 1. The molecule has 7 heteroatoms. The van der Waals surface area contributed by atoms with Gasteiger partial charge in [-0.1, -0.05) is 17.7 Å². The average Bonchev–Trinajstić information content (AvgIpc) is 2.78. The maximum atomic E-state index is 11.0. The molecule has 1 aromatic carbocycles. The number of halogens is 1. The van der Waals surface area contributed by atoms with Gasteiger partial charge in [-0.2, -0.15) is 0 Å². The summed E-state index contributed by atoms with van der Waals surface area (Å²) in [6.45, 7) is 1.75. The van der Waals surface area contributed by atoms with Gasteiger partial charge in [-0.15, -0.1) is 0 Å². The largest absolute Gasteiger partial charge is 0.481 e. The van der Waals surface area contributed by atoms with Crippen LogP contribution in [-0.4, -0.2) is 34.0 Å². The molecule has 1 saturated heterocycles. The Bertz CT molecular complexity index is 535. The van der Waals surface area contributed by atoms with E-state index in [-0.39, 0.29) is 18.0 Å². The van der Waals surface area contributed by atoms with Crippen LogP contribution in [0.2, 0.25) is 5.02 Å². The smallest absolute Gasteiger partial charge is 0.303 e. The van der Waals surface area contributed by atoms with E-state index in [1.165, 1.54) is 6.07 Å². The Morgan fingerprint density at radius 1 is 1.55 bits per heavy atom. The molecule has 1 aliphatic rings. The van der Waals surface area contributed by atoms with Gasteiger partial charge < -0.3 is 5.11 Å². The average molecular weight is 299 g/mol. The van der Waals surface area contributed by atoms with Crippen LogP contribution in [0.3, 0.4) is 0 Å². The quantitative estimate of drug-likeness (QED) is 0.667. The Kier molecular flexibility index (Phi) is 4.57. The van der Waals surface area contributed by atoms with E-state index >= 15 is 0 Å². The Morgan fingerprint density at radius 3 is 2.95 bits per heavy atom. The van der Waals surface area contributed by atoms with E-state index in [1.54, 1.807) is 12.1 Å². The van der Waals surface area contributed by atoms with Gasteiger partial charge in [0.25, 0.3) is 5.69 Å². The Morgan fingerprint density at radius 2 is 2.30 bits per heavy atom. The highest BCUT2D eigenvalue weighted by Crippen LogP contribution is 2.30. The maximum absolute atomic E-state index is 11.0. The van der Waals surface area contributed by atoms with Gasteiger partial charge >= 0.3 is 5.97 Å². The number of carbonyl (C=O) groups is 1. The van der Waals surface area contributed by atoms with E-state index in [0.29, 0.717) is 23.7 Å². The van der Waals surface area contributed by atoms with Crippen molar-refractivity contribution >= 4 is 23.3 Å². The van der Waals surface area contributed by atoms with Crippen LogP contribution in [0.5, 0.6) is 0 Å². The summed E-state index contributed by atoms with van der Waals surface area (Å²) in [6.07, 6.45) is 0.936. The number of benzene rings is 1. The zero-order valence-corrected chi connectivity index (χ0v) is 11.5. The molecule has 1 N–H and O–H groups in total. The predicted octanol–water partition coefficient (Wildman–Crippen LogP) is 2.54. The lowest BCUT2D eigenvalue weighted by Gasteiger charge is -2.16. The summed E-state index contributed by atoms with van der Waals surface area (Å²) in [5, 5.41) is 20.2. The van der Waals surface area contributed by atoms with Gasteiger partial charge in [-0.3, -0.25) is 19.8 Å². The van der Waals surface area contributed by atoms with Gasteiger partial charge in [0.15, 0.2) is 0 Å². The third-order valence-corrected chi connectivity index (χ3v) is 3.86. The van der Waals surface area contributed by atoms with E-state index in [9.17, 15) is 14.9 Å². The van der Waals surface area contributed by atoms with E-state index in [1.807, 2.05) is 4.90 Å². The molecular weight excluding hydrogens is 284 g/mol. The fraction of sp³-hybridized carbons (Fsp3) is 0.462. The molecule has 1 heterocycles. The fourth-order valence-electron chi connectivity index (χ4n) is 2.57. The molecule has 1 aromatic rings. The van der Waals surface area contributed by atoms with E-state index < -0.39 is 10.9 Å². The topological polar surface area (TPSA) is 83.7 Å². The minimum absolute atomic E-state index is 0.0131. The lowest BCUT2D eigenvalue weighted by Crippen LogP contribution is -2.21. The van der Waals surface area contributed by atoms with Crippen molar-refractivity contribution in [3.05, 3.63) is 38.9 Å². The van der Waals surface area contributed by atoms with Crippen LogP contribution in [-0.2, 0) is 11.3 Å². The first-order chi connectivity index (χ1) is 9.47. The molecule has 1 unspecified atom stereocenters. The van der Waals surface area contributed by atoms with Crippen molar-refractivity contribution < 1.29 is 14.8 Å². The van der Waals surface area contributed by atoms with Crippen LogP contribution >= 0.6 is 11.6 Å². The number of likely N-dealkylation sites (tertiary alicyclic amines) is 1. The van der Waals surface area contributed by atoms with E-state index in [0.717, 1.165) is 13.0 Å². The molecule has 0 saturated carbocycles. The SMILES string of the molecule is O=C(O)CC1CCN(Cc2c(Cl)cccc2[N+](=O)[O-])C1. The number of aliphatic carboxylic acids is 1. The van der Waals surface area contributed by atoms with Gasteiger partial charge in [-0.25, -0.2) is 0 Å². The maximum Gasteiger partial charge on any atom is 0.303 e. The zero-order valence-electron chi connectivity index (χ0n) is 10.8. The number of nitrogens with zero attached hydrogens (tertiary/aromatic N) is 2. The summed E-state index contributed by atoms with van der Waals surface area (Å²) in [5.74, 6) is -0.699. The van der Waals surface area contributed by atoms with Crippen molar-refractivity contribution in [3.8, 4) is 0 Å². The molecule has 0 radical (unpaired) electrons. The summed E-state index contributed by atoms with van der Waals surface area (Å²) >= 11 is 6.05. The number of carboxylic acid groups (broad SMARTS) is 1. The second kappa shape index (κ2) is 6.19. The number of rotatable bonds is 5. The molecule has 2 rings (SSSR count). The molecule has 108 valence electrons. The summed E-state index contributed by atoms with van der Waals surface area (Å²) in [5.41, 5.74) is 0.509. The number of nitro benzene ring substituents is 1. The van der Waals surface area contributed by atoms with Gasteiger partial charge in [0.05, 0.1) is 15.5 Å². The molecule has 6 nitrogen and oxygen atoms in total. The summed E-state index contributed by atoms with van der Waals surface area (Å²) in [4.78, 5) is 23.3. The van der Waals surface area contributed by atoms with Crippen molar-refractivity contribution in [3.63, 3.8) is 0 Å². The Labute approximate surface area is 121 Å². The van der Waals surface area contributed by atoms with Crippen molar-refractivity contribution in [1.29, 1.82) is 0 Å². The monoisotopic (exact) mass is 298 g/mol. The molecule has 1 fully saturated rings. The first-order valence-corrected chi connectivity index (χ1v) is 6.71. The first kappa shape index (κ1) is 14.7. The minimum Gasteiger partial charge on any atom is -0.481 e. The molecule has 1 atom stereocenters. The molecule has 1 aliphatic heterocycles. The predicted molar refractivity (Wildman–Crippen MR) is 73.7 cm³/mol. The third-order valence-electron chi connectivity index (χ3n) is 3.51. The van der Waals surface area contributed by atoms with Gasteiger partial charge in [-0.05, 0) is 24.9 Å². The van der Waals surface area contributed by atoms with Crippen LogP contribution in [0.25, 0.3) is 0 Å². The lowest BCUT2D eigenvalue weighted by molar-refractivity contribution is -0.385. The zero-order chi connectivity index (χ0) is 14.7. The lowest BCUT2D eigenvalue weighted by atomic mass is 10.1. The number of nitro groups is 1. The van der Waals surface area contributed by atoms with Gasteiger partial charge in [0, 0.05) is 25.6 Å². The minimum atomic E-state index is -0.805. The standard InChI is InChI=1S/C13H15ClN2O4/c14-11-2-1-3-12(16(19)20)10(11)8-15-5-4-9(7-15)6-13(17)18/h1-3,9H,4-8H2,(H,17,18). The van der Waals surface area contributed by atoms with Crippen molar-refractivity contribution in [1.82, 2.24) is 4.90 Å². The van der Waals surface area contributed by atoms with Gasteiger partial charge in [0.1, 0.15) is 0 Å². The molecule has 0 aliphatic carbocycles. The van der Waals surface area contributed by atoms with Crippen LogP contribution in [0.15, 0.2) is 18.2 Å². The second-order valence-electron chi connectivity index (χ2n) is 4.98. The van der Waals surface area contributed by atoms with Crippen LogP contribution in [0.1, 0.15) is 18.4 Å². The molecule has 0 aromatic heterocycles. The first-order valence-electron chi connectivity index (χ1n) is 6.33. The highest BCUT2D eigenvalue weighted by atomic mass is 35.5. The van der Waals surface area contributed by atoms with E-state index in [2.05, 4.69) is 0 Å². The van der Waals surface area contributed by atoms with Crippen LogP contribution < -0.4 is 0 Å². The molecular formula is C13H15ClN2O4. The fourth-order valence-corrected chi connectivity index (χ4v) is 2.80. The van der Waals surface area contributed by atoms with Crippen LogP contribution in [0, 0.1) is 16.0 Å². The summed E-state index contributed by atoms with van der Waals surface area (Å²) in [7, 11) is 0. The highest BCUT2D eigenvalue weighted by molar-refractivity contribution is 6.31. The Balaban J connectivity index is 2.08. The second-order valence-corrected chi connectivity index (χ2v) is 5.39. The van der Waals surface area contributed by atoms with Gasteiger partial charge in [0.2, 0.25) is 0 Å². The summed E-state index contributed by atoms with van der Waals surface area (Å²) in [6, 6.07) is 4.63. The third kappa shape index (κ3) is 3.46. The van der Waals surface area contributed by atoms with Crippen molar-refractivity contribution in [2.45, 2.75) is 19.4 Å². The van der Waals surface area contributed by atoms with Crippen LogP contribution in [0.4, 0.5) is 5.69 Å². The highest BCUT2D eigenvalue weighted by Gasteiger charge is 2.27.